The molecule has 2 saturated heterocycles. The van der Waals surface area contributed by atoms with Crippen molar-refractivity contribution in [3.63, 3.8) is 0 Å². The lowest BCUT2D eigenvalue weighted by atomic mass is 9.85. The largest absolute Gasteiger partial charge is 0.465 e. The molecule has 0 atom stereocenters. The van der Waals surface area contributed by atoms with E-state index in [0.717, 1.165) is 4.90 Å². The van der Waals surface area contributed by atoms with Gasteiger partial charge in [0.05, 0.1) is 5.54 Å². The van der Waals surface area contributed by atoms with E-state index in [0.29, 0.717) is 32.4 Å². The molecule has 1 N–H and O–H groups in total. The number of imide groups is 1. The Morgan fingerprint density at radius 2 is 1.76 bits per heavy atom. The van der Waals surface area contributed by atoms with Crippen LogP contribution in [0.5, 0.6) is 0 Å². The summed E-state index contributed by atoms with van der Waals surface area (Å²) in [7, 11) is 0. The fraction of sp³-hybridized carbons (Fsp3) is 0.786. The van der Waals surface area contributed by atoms with E-state index < -0.39 is 17.2 Å². The van der Waals surface area contributed by atoms with Crippen LogP contribution in [-0.2, 0) is 9.53 Å². The van der Waals surface area contributed by atoms with Gasteiger partial charge in [0.1, 0.15) is 5.60 Å². The van der Waals surface area contributed by atoms with Gasteiger partial charge >= 0.3 is 12.2 Å². The third-order valence-corrected chi connectivity index (χ3v) is 4.07. The normalized spacial score (nSPS) is 21.8. The molecule has 0 radical (unpaired) electrons. The summed E-state index contributed by atoms with van der Waals surface area (Å²) in [6.07, 6.45) is 0.180. The van der Waals surface area contributed by atoms with Crippen molar-refractivity contribution in [3.05, 3.63) is 0 Å². The van der Waals surface area contributed by atoms with Gasteiger partial charge in [-0.1, -0.05) is 0 Å². The lowest BCUT2D eigenvalue weighted by Crippen LogP contribution is -2.56. The first-order valence-corrected chi connectivity index (χ1v) is 7.19. The fourth-order valence-electron chi connectivity index (χ4n) is 3.04. The van der Waals surface area contributed by atoms with Gasteiger partial charge in [0.15, 0.2) is 0 Å². The third-order valence-electron chi connectivity index (χ3n) is 4.07. The van der Waals surface area contributed by atoms with Crippen LogP contribution >= 0.6 is 0 Å². The summed E-state index contributed by atoms with van der Waals surface area (Å²) in [5.41, 5.74) is -1.19. The Bertz CT molecular complexity index is 460. The minimum atomic E-state index is -1.19. The maximum absolute atomic E-state index is 12.0. The smallest absolute Gasteiger partial charge is 0.414 e. The van der Waals surface area contributed by atoms with Gasteiger partial charge in [0, 0.05) is 19.5 Å². The highest BCUT2D eigenvalue weighted by molar-refractivity contribution is 5.94. The number of amides is 3. The van der Waals surface area contributed by atoms with E-state index in [1.807, 2.05) is 0 Å². The van der Waals surface area contributed by atoms with Crippen molar-refractivity contribution in [1.82, 2.24) is 9.80 Å². The monoisotopic (exact) mass is 298 g/mol. The number of carbonyl (C=O) groups excluding carboxylic acids is 2. The minimum Gasteiger partial charge on any atom is -0.465 e. The Balaban J connectivity index is 2.01. The predicted octanol–water partition coefficient (Wildman–Crippen LogP) is 2.06. The molecular weight excluding hydrogens is 276 g/mol. The molecule has 1 spiro atoms. The molecule has 2 rings (SSSR count). The second-order valence-corrected chi connectivity index (χ2v) is 6.70. The van der Waals surface area contributed by atoms with Crippen LogP contribution in [-0.4, -0.2) is 57.2 Å². The van der Waals surface area contributed by atoms with E-state index in [9.17, 15) is 19.5 Å². The maximum Gasteiger partial charge on any atom is 0.414 e. The van der Waals surface area contributed by atoms with Crippen LogP contribution in [0.15, 0.2) is 0 Å². The zero-order valence-corrected chi connectivity index (χ0v) is 12.7. The molecular formula is C14H22N2O5. The van der Waals surface area contributed by atoms with E-state index in [2.05, 4.69) is 0 Å². The van der Waals surface area contributed by atoms with Crippen molar-refractivity contribution in [2.75, 3.05) is 13.1 Å². The van der Waals surface area contributed by atoms with Crippen LogP contribution in [0.4, 0.5) is 9.59 Å². The molecule has 0 unspecified atom stereocenters. The number of ether oxygens (including phenoxy) is 1. The predicted molar refractivity (Wildman–Crippen MR) is 73.9 cm³/mol. The quantitative estimate of drug-likeness (QED) is 0.739. The summed E-state index contributed by atoms with van der Waals surface area (Å²) in [5.74, 6) is -0.340. The van der Waals surface area contributed by atoms with Crippen LogP contribution in [0.1, 0.15) is 46.5 Å². The fourth-order valence-corrected chi connectivity index (χ4v) is 3.04. The molecule has 2 heterocycles. The van der Waals surface area contributed by atoms with Gasteiger partial charge in [-0.05, 0) is 40.0 Å². The Morgan fingerprint density at radius 3 is 2.24 bits per heavy atom. The van der Waals surface area contributed by atoms with Gasteiger partial charge in [-0.2, -0.15) is 0 Å². The molecule has 2 aliphatic rings. The summed E-state index contributed by atoms with van der Waals surface area (Å²) in [6.45, 7) is 6.23. The van der Waals surface area contributed by atoms with Gasteiger partial charge in [-0.25, -0.2) is 14.5 Å². The van der Waals surface area contributed by atoms with E-state index in [1.165, 1.54) is 0 Å². The molecule has 0 aromatic rings. The molecule has 2 fully saturated rings. The van der Waals surface area contributed by atoms with Gasteiger partial charge in [-0.3, -0.25) is 4.79 Å². The number of hydrogen-bond donors (Lipinski definition) is 1. The lowest BCUT2D eigenvalue weighted by Gasteiger charge is -2.42. The van der Waals surface area contributed by atoms with Gasteiger partial charge in [-0.15, -0.1) is 0 Å². The molecule has 0 aliphatic carbocycles. The van der Waals surface area contributed by atoms with Crippen LogP contribution < -0.4 is 0 Å². The Hall–Kier alpha value is -1.79. The van der Waals surface area contributed by atoms with Gasteiger partial charge in [0.2, 0.25) is 5.91 Å². The standard InChI is InChI=1S/C14H22N2O5/c1-13(2,3)21-12(20)15-8-6-14(7-9-15)5-4-10(17)16(14)11(18)19/h4-9H2,1-3H3,(H,18,19). The first-order chi connectivity index (χ1) is 9.65. The minimum absolute atomic E-state index is 0.263. The topological polar surface area (TPSA) is 87.2 Å². The first-order valence-electron chi connectivity index (χ1n) is 7.19. The number of piperidine rings is 1. The second-order valence-electron chi connectivity index (χ2n) is 6.70. The average Bonchev–Trinajstić information content (AvgIpc) is 2.65. The summed E-state index contributed by atoms with van der Waals surface area (Å²) >= 11 is 0. The number of likely N-dealkylation sites (tertiary alicyclic amines) is 2. The molecule has 3 amide bonds. The summed E-state index contributed by atoms with van der Waals surface area (Å²) in [6, 6.07) is 0. The number of nitrogens with zero attached hydrogens (tertiary/aromatic N) is 2. The van der Waals surface area contributed by atoms with Crippen molar-refractivity contribution in [1.29, 1.82) is 0 Å². The maximum atomic E-state index is 12.0. The van der Waals surface area contributed by atoms with Crippen molar-refractivity contribution >= 4 is 18.1 Å². The van der Waals surface area contributed by atoms with E-state index in [-0.39, 0.29) is 18.4 Å². The van der Waals surface area contributed by atoms with Crippen molar-refractivity contribution in [2.45, 2.75) is 57.6 Å². The SMILES string of the molecule is CC(C)(C)OC(=O)N1CCC2(CCC(=O)N2C(=O)O)CC1. The number of rotatable bonds is 0. The second kappa shape index (κ2) is 5.20. The molecule has 0 aromatic heterocycles. The average molecular weight is 298 g/mol. The molecule has 7 heteroatoms. The van der Waals surface area contributed by atoms with Crippen LogP contribution in [0, 0.1) is 0 Å². The summed E-state index contributed by atoms with van der Waals surface area (Å²) in [4.78, 5) is 37.6. The Kier molecular flexibility index (Phi) is 3.86. The van der Waals surface area contributed by atoms with E-state index in [4.69, 9.17) is 4.74 Å². The van der Waals surface area contributed by atoms with E-state index in [1.54, 1.807) is 25.7 Å². The zero-order valence-electron chi connectivity index (χ0n) is 12.7. The van der Waals surface area contributed by atoms with Gasteiger partial charge < -0.3 is 14.7 Å². The number of hydrogen-bond acceptors (Lipinski definition) is 4. The highest BCUT2D eigenvalue weighted by atomic mass is 16.6. The van der Waals surface area contributed by atoms with Crippen molar-refractivity contribution in [2.24, 2.45) is 0 Å². The van der Waals surface area contributed by atoms with E-state index >= 15 is 0 Å². The summed E-state index contributed by atoms with van der Waals surface area (Å²) in [5, 5.41) is 9.23. The number of carboxylic acid groups (broad SMARTS) is 1. The zero-order chi connectivity index (χ0) is 15.8. The van der Waals surface area contributed by atoms with Crippen molar-refractivity contribution in [3.8, 4) is 0 Å². The van der Waals surface area contributed by atoms with Crippen LogP contribution in [0.3, 0.4) is 0 Å². The Labute approximate surface area is 123 Å². The van der Waals surface area contributed by atoms with Gasteiger partial charge in [0.25, 0.3) is 0 Å². The van der Waals surface area contributed by atoms with Crippen LogP contribution in [0.25, 0.3) is 0 Å². The van der Waals surface area contributed by atoms with Crippen LogP contribution in [0.2, 0.25) is 0 Å². The third kappa shape index (κ3) is 3.11. The molecule has 0 bridgehead atoms. The van der Waals surface area contributed by atoms with Crippen molar-refractivity contribution < 1.29 is 24.2 Å². The summed E-state index contributed by atoms with van der Waals surface area (Å²) < 4.78 is 5.31. The lowest BCUT2D eigenvalue weighted by molar-refractivity contribution is -0.129. The number of carbonyl (C=O) groups is 3. The highest BCUT2D eigenvalue weighted by Gasteiger charge is 2.50. The molecule has 0 aromatic carbocycles. The first kappa shape index (κ1) is 15.6. The molecule has 7 nitrogen and oxygen atoms in total. The molecule has 0 saturated carbocycles. The molecule has 2 aliphatic heterocycles. The molecule has 21 heavy (non-hydrogen) atoms. The highest BCUT2D eigenvalue weighted by Crippen LogP contribution is 2.39. The molecule has 118 valence electrons. The Morgan fingerprint density at radius 1 is 1.19 bits per heavy atom.